The number of halogens is 1. The number of hydrogen-bond donors (Lipinski definition) is 1. The van der Waals surface area contributed by atoms with Crippen molar-refractivity contribution in [3.63, 3.8) is 0 Å². The third-order valence-corrected chi connectivity index (χ3v) is 2.91. The molecule has 0 fully saturated rings. The van der Waals surface area contributed by atoms with Crippen LogP contribution in [0.4, 0.5) is 0 Å². The van der Waals surface area contributed by atoms with Crippen LogP contribution in [-0.4, -0.2) is 11.1 Å². The molecule has 0 aromatic heterocycles. The van der Waals surface area contributed by atoms with E-state index in [4.69, 9.17) is 21.4 Å². The smallest absolute Gasteiger partial charge is 0.328 e. The van der Waals surface area contributed by atoms with Gasteiger partial charge in [-0.05, 0) is 35.4 Å². The van der Waals surface area contributed by atoms with E-state index in [2.05, 4.69) is 0 Å². The molecule has 0 radical (unpaired) electrons. The summed E-state index contributed by atoms with van der Waals surface area (Å²) < 4.78 is 5.63. The maximum Gasteiger partial charge on any atom is 0.328 e. The summed E-state index contributed by atoms with van der Waals surface area (Å²) in [6, 6.07) is 14.7. The predicted molar refractivity (Wildman–Crippen MR) is 78.9 cm³/mol. The number of hydrogen-bond acceptors (Lipinski definition) is 2. The summed E-state index contributed by atoms with van der Waals surface area (Å²) >= 11 is 6.00. The Bertz CT molecular complexity index is 635. The van der Waals surface area contributed by atoms with Crippen LogP contribution in [0.25, 0.3) is 6.08 Å². The summed E-state index contributed by atoms with van der Waals surface area (Å²) in [4.78, 5) is 10.5. The van der Waals surface area contributed by atoms with Crippen LogP contribution in [0.1, 0.15) is 11.1 Å². The van der Waals surface area contributed by atoms with Gasteiger partial charge in [-0.1, -0.05) is 41.9 Å². The van der Waals surface area contributed by atoms with Gasteiger partial charge in [0.2, 0.25) is 0 Å². The van der Waals surface area contributed by atoms with Crippen LogP contribution in [0.5, 0.6) is 5.75 Å². The van der Waals surface area contributed by atoms with Crippen LogP contribution in [0, 0.1) is 0 Å². The normalized spacial score (nSPS) is 10.7. The summed E-state index contributed by atoms with van der Waals surface area (Å²) in [7, 11) is 0. The van der Waals surface area contributed by atoms with Crippen molar-refractivity contribution < 1.29 is 14.6 Å². The minimum atomic E-state index is -0.970. The van der Waals surface area contributed by atoms with Crippen molar-refractivity contribution in [3.05, 3.63) is 70.8 Å². The van der Waals surface area contributed by atoms with Gasteiger partial charge in [0, 0.05) is 6.08 Å². The van der Waals surface area contributed by atoms with Gasteiger partial charge in [0.15, 0.2) is 0 Å². The summed E-state index contributed by atoms with van der Waals surface area (Å²) in [6.07, 6.45) is 2.65. The second-order valence-corrected chi connectivity index (χ2v) is 4.54. The van der Waals surface area contributed by atoms with Crippen molar-refractivity contribution in [2.45, 2.75) is 6.61 Å². The number of aliphatic carboxylic acids is 1. The monoisotopic (exact) mass is 288 g/mol. The number of carboxylic acids is 1. The molecule has 0 saturated heterocycles. The lowest BCUT2D eigenvalue weighted by molar-refractivity contribution is -0.131. The molecular formula is C16H13ClO3. The van der Waals surface area contributed by atoms with E-state index in [1.807, 2.05) is 36.4 Å². The van der Waals surface area contributed by atoms with E-state index in [0.29, 0.717) is 17.4 Å². The summed E-state index contributed by atoms with van der Waals surface area (Å²) in [5.74, 6) is -0.344. The molecule has 1 N–H and O–H groups in total. The molecule has 0 amide bonds. The van der Waals surface area contributed by atoms with E-state index in [0.717, 1.165) is 17.2 Å². The molecule has 2 aromatic rings. The van der Waals surface area contributed by atoms with Crippen LogP contribution in [0.3, 0.4) is 0 Å². The van der Waals surface area contributed by atoms with E-state index < -0.39 is 5.97 Å². The van der Waals surface area contributed by atoms with Gasteiger partial charge < -0.3 is 9.84 Å². The number of ether oxygens (including phenoxy) is 1. The minimum Gasteiger partial charge on any atom is -0.487 e. The van der Waals surface area contributed by atoms with Crippen LogP contribution < -0.4 is 4.74 Å². The molecule has 3 nitrogen and oxygen atoms in total. The van der Waals surface area contributed by atoms with Crippen molar-refractivity contribution in [2.75, 3.05) is 0 Å². The molecule has 4 heteroatoms. The lowest BCUT2D eigenvalue weighted by atomic mass is 10.1. The molecule has 2 aromatic carbocycles. The highest BCUT2D eigenvalue weighted by molar-refractivity contribution is 6.32. The number of carbonyl (C=O) groups is 1. The predicted octanol–water partition coefficient (Wildman–Crippen LogP) is 4.02. The Labute approximate surface area is 122 Å². The van der Waals surface area contributed by atoms with Gasteiger partial charge >= 0.3 is 5.97 Å². The van der Waals surface area contributed by atoms with Crippen molar-refractivity contribution in [1.29, 1.82) is 0 Å². The first kappa shape index (κ1) is 14.2. The average Bonchev–Trinajstić information content (AvgIpc) is 2.45. The Hall–Kier alpha value is -2.26. The maximum atomic E-state index is 10.5. The first-order valence-electron chi connectivity index (χ1n) is 6.02. The molecule has 0 aliphatic rings. The topological polar surface area (TPSA) is 46.5 Å². The van der Waals surface area contributed by atoms with Gasteiger partial charge in [-0.3, -0.25) is 0 Å². The van der Waals surface area contributed by atoms with Crippen molar-refractivity contribution in [1.82, 2.24) is 0 Å². The fourth-order valence-electron chi connectivity index (χ4n) is 1.68. The molecule has 0 bridgehead atoms. The Morgan fingerprint density at radius 2 is 2.00 bits per heavy atom. The number of carboxylic acid groups (broad SMARTS) is 1. The molecule has 0 aliphatic carbocycles. The standard InChI is InChI=1S/C16H13ClO3/c17-14-6-1-2-7-15(14)20-11-13-5-3-4-12(10-13)8-9-16(18)19/h1-10H,11H2,(H,18,19). The van der Waals surface area contributed by atoms with Crippen molar-refractivity contribution in [2.24, 2.45) is 0 Å². The Morgan fingerprint density at radius 1 is 1.20 bits per heavy atom. The molecule has 0 aliphatic heterocycles. The van der Waals surface area contributed by atoms with Gasteiger partial charge in [0.25, 0.3) is 0 Å². The summed E-state index contributed by atoms with van der Waals surface area (Å²) in [6.45, 7) is 0.373. The van der Waals surface area contributed by atoms with Crippen LogP contribution in [0.2, 0.25) is 5.02 Å². The highest BCUT2D eigenvalue weighted by Gasteiger charge is 2.01. The second kappa shape index (κ2) is 6.78. The van der Waals surface area contributed by atoms with Gasteiger partial charge in [-0.25, -0.2) is 4.79 Å². The zero-order valence-electron chi connectivity index (χ0n) is 10.6. The highest BCUT2D eigenvalue weighted by atomic mass is 35.5. The Morgan fingerprint density at radius 3 is 2.75 bits per heavy atom. The maximum absolute atomic E-state index is 10.5. The van der Waals surface area contributed by atoms with Gasteiger partial charge in [-0.2, -0.15) is 0 Å². The molecular weight excluding hydrogens is 276 g/mol. The van der Waals surface area contributed by atoms with E-state index >= 15 is 0 Å². The minimum absolute atomic E-state index is 0.373. The summed E-state index contributed by atoms with van der Waals surface area (Å²) in [5.41, 5.74) is 1.75. The molecule has 0 atom stereocenters. The van der Waals surface area contributed by atoms with E-state index in [1.165, 1.54) is 0 Å². The Kier molecular flexibility index (Phi) is 4.80. The van der Waals surface area contributed by atoms with Crippen molar-refractivity contribution in [3.8, 4) is 5.75 Å². The molecule has 20 heavy (non-hydrogen) atoms. The molecule has 0 unspecified atom stereocenters. The average molecular weight is 289 g/mol. The van der Waals surface area contributed by atoms with E-state index in [1.54, 1.807) is 18.2 Å². The second-order valence-electron chi connectivity index (χ2n) is 4.14. The van der Waals surface area contributed by atoms with Crippen LogP contribution in [-0.2, 0) is 11.4 Å². The van der Waals surface area contributed by atoms with Gasteiger partial charge in [0.1, 0.15) is 12.4 Å². The first-order valence-corrected chi connectivity index (χ1v) is 6.40. The third kappa shape index (κ3) is 4.14. The van der Waals surface area contributed by atoms with Crippen LogP contribution in [0.15, 0.2) is 54.6 Å². The molecule has 0 saturated carbocycles. The highest BCUT2D eigenvalue weighted by Crippen LogP contribution is 2.24. The molecule has 0 heterocycles. The molecule has 102 valence electrons. The molecule has 2 rings (SSSR count). The largest absolute Gasteiger partial charge is 0.487 e. The fraction of sp³-hybridized carbons (Fsp3) is 0.0625. The van der Waals surface area contributed by atoms with Crippen molar-refractivity contribution >= 4 is 23.6 Å². The fourth-order valence-corrected chi connectivity index (χ4v) is 1.87. The first-order chi connectivity index (χ1) is 9.65. The summed E-state index contributed by atoms with van der Waals surface area (Å²) in [5, 5.41) is 9.16. The van der Waals surface area contributed by atoms with Crippen LogP contribution >= 0.6 is 11.6 Å². The lowest BCUT2D eigenvalue weighted by Crippen LogP contribution is -1.96. The zero-order chi connectivity index (χ0) is 14.4. The zero-order valence-corrected chi connectivity index (χ0v) is 11.4. The van der Waals surface area contributed by atoms with E-state index in [9.17, 15) is 4.79 Å². The number of benzene rings is 2. The molecule has 0 spiro atoms. The third-order valence-electron chi connectivity index (χ3n) is 2.60. The Balaban J connectivity index is 2.05. The quantitative estimate of drug-likeness (QED) is 0.845. The number of para-hydroxylation sites is 1. The van der Waals surface area contributed by atoms with Gasteiger partial charge in [-0.15, -0.1) is 0 Å². The lowest BCUT2D eigenvalue weighted by Gasteiger charge is -2.08. The van der Waals surface area contributed by atoms with Gasteiger partial charge in [0.05, 0.1) is 5.02 Å². The SMILES string of the molecule is O=C(O)C=Cc1cccc(COc2ccccc2Cl)c1. The van der Waals surface area contributed by atoms with E-state index in [-0.39, 0.29) is 0 Å². The number of rotatable bonds is 5.